The molecule has 1 aliphatic heterocycles. The van der Waals surface area contributed by atoms with E-state index in [1.807, 2.05) is 12.1 Å². The van der Waals surface area contributed by atoms with Gasteiger partial charge in [0.1, 0.15) is 30.7 Å². The average Bonchev–Trinajstić information content (AvgIpc) is 3.24. The summed E-state index contributed by atoms with van der Waals surface area (Å²) in [5, 5.41) is 52.5. The zero-order chi connectivity index (χ0) is 28.4. The molecule has 40 heavy (non-hydrogen) atoms. The van der Waals surface area contributed by atoms with Crippen LogP contribution in [-0.2, 0) is 14.3 Å². The largest absolute Gasteiger partial charge is 0.431 e. The lowest BCUT2D eigenvalue weighted by atomic mass is 9.45. The Hall–Kier alpha value is -1.92. The van der Waals surface area contributed by atoms with Crippen molar-refractivity contribution in [2.24, 2.45) is 22.7 Å². The van der Waals surface area contributed by atoms with E-state index in [9.17, 15) is 35.1 Å². The highest BCUT2D eigenvalue weighted by atomic mass is 16.7. The van der Waals surface area contributed by atoms with Crippen molar-refractivity contribution < 1.29 is 44.2 Å². The van der Waals surface area contributed by atoms with Gasteiger partial charge in [0.05, 0.1) is 30.0 Å². The lowest BCUT2D eigenvalue weighted by Crippen LogP contribution is -2.61. The number of allylic oxidation sites excluding steroid dienone is 1. The Morgan fingerprint density at radius 3 is 2.52 bits per heavy atom. The van der Waals surface area contributed by atoms with Gasteiger partial charge in [0, 0.05) is 11.5 Å². The molecule has 5 N–H and O–H groups in total. The zero-order valence-corrected chi connectivity index (χ0v) is 22.7. The highest BCUT2D eigenvalue weighted by molar-refractivity contribution is 5.67. The predicted molar refractivity (Wildman–Crippen MR) is 140 cm³/mol. The van der Waals surface area contributed by atoms with Gasteiger partial charge in [0.25, 0.3) is 0 Å². The molecule has 10 nitrogen and oxygen atoms in total. The van der Waals surface area contributed by atoms with E-state index in [-0.39, 0.29) is 17.8 Å². The molecule has 4 aliphatic carbocycles. The van der Waals surface area contributed by atoms with Crippen LogP contribution in [0.15, 0.2) is 39.3 Å². The molecule has 4 fully saturated rings. The minimum atomic E-state index is -1.52. The van der Waals surface area contributed by atoms with E-state index in [4.69, 9.17) is 13.9 Å². The fourth-order valence-corrected chi connectivity index (χ4v) is 9.15. The number of fused-ring (bicyclic) bond motifs is 5. The van der Waals surface area contributed by atoms with Gasteiger partial charge in [-0.25, -0.2) is 4.79 Å². The number of carbonyl (C=O) groups excluding carboxylic acids is 1. The summed E-state index contributed by atoms with van der Waals surface area (Å²) in [5.41, 5.74) is -0.520. The van der Waals surface area contributed by atoms with Crippen LogP contribution >= 0.6 is 0 Å². The van der Waals surface area contributed by atoms with Crippen LogP contribution < -0.4 is 5.63 Å². The molecule has 2 heterocycles. The fraction of sp³-hybridized carbons (Fsp3) is 0.733. The van der Waals surface area contributed by atoms with E-state index in [2.05, 4.69) is 6.92 Å². The van der Waals surface area contributed by atoms with Crippen molar-refractivity contribution in [1.82, 2.24) is 0 Å². The Morgan fingerprint density at radius 2 is 1.82 bits per heavy atom. The topological polar surface area (TPSA) is 167 Å². The summed E-state index contributed by atoms with van der Waals surface area (Å²) < 4.78 is 16.7. The van der Waals surface area contributed by atoms with E-state index < -0.39 is 65.5 Å². The number of hydrogen-bond donors (Lipinski definition) is 5. The predicted octanol–water partition coefficient (Wildman–Crippen LogP) is 1.17. The first kappa shape index (κ1) is 28.2. The van der Waals surface area contributed by atoms with Crippen LogP contribution in [0.5, 0.6) is 0 Å². The monoisotopic (exact) mass is 560 g/mol. The third kappa shape index (κ3) is 4.02. The maximum Gasteiger partial charge on any atom is 0.335 e. The second kappa shape index (κ2) is 10.1. The molecule has 3 saturated carbocycles. The van der Waals surface area contributed by atoms with Gasteiger partial charge in [0.15, 0.2) is 6.29 Å². The number of aliphatic hydroxyl groups excluding tert-OH is 4. The molecular weight excluding hydrogens is 520 g/mol. The Morgan fingerprint density at radius 1 is 1.02 bits per heavy atom. The van der Waals surface area contributed by atoms with Crippen LogP contribution in [0.25, 0.3) is 0 Å². The molecule has 1 saturated heterocycles. The maximum absolute atomic E-state index is 12.9. The van der Waals surface area contributed by atoms with Crippen LogP contribution in [0.4, 0.5) is 0 Å². The molecule has 0 radical (unpaired) electrons. The van der Waals surface area contributed by atoms with Gasteiger partial charge in [-0.2, -0.15) is 0 Å². The Bertz CT molecular complexity index is 1190. The zero-order valence-electron chi connectivity index (χ0n) is 22.7. The highest BCUT2D eigenvalue weighted by Gasteiger charge is 2.67. The minimum absolute atomic E-state index is 0.0104. The van der Waals surface area contributed by atoms with Gasteiger partial charge in [-0.1, -0.05) is 18.6 Å². The number of hydrogen-bond acceptors (Lipinski definition) is 10. The number of ether oxygens (including phenoxy) is 2. The van der Waals surface area contributed by atoms with Crippen LogP contribution in [0, 0.1) is 22.7 Å². The smallest absolute Gasteiger partial charge is 0.335 e. The van der Waals surface area contributed by atoms with Crippen molar-refractivity contribution >= 4 is 6.29 Å². The summed E-state index contributed by atoms with van der Waals surface area (Å²) >= 11 is 0. The second-order valence-electron chi connectivity index (χ2n) is 12.9. The van der Waals surface area contributed by atoms with Gasteiger partial charge in [-0.05, 0) is 80.8 Å². The van der Waals surface area contributed by atoms with Gasteiger partial charge >= 0.3 is 5.63 Å². The van der Waals surface area contributed by atoms with E-state index in [0.29, 0.717) is 25.7 Å². The molecule has 5 aliphatic rings. The van der Waals surface area contributed by atoms with Gasteiger partial charge in [0.2, 0.25) is 0 Å². The van der Waals surface area contributed by atoms with E-state index >= 15 is 0 Å². The summed E-state index contributed by atoms with van der Waals surface area (Å²) in [6.07, 6.45) is 2.69. The molecule has 1 aromatic rings. The Kier molecular flexibility index (Phi) is 7.13. The van der Waals surface area contributed by atoms with Crippen molar-refractivity contribution in [3.05, 3.63) is 46.0 Å². The Labute approximate surface area is 232 Å². The van der Waals surface area contributed by atoms with Crippen molar-refractivity contribution in [3.63, 3.8) is 0 Å². The van der Waals surface area contributed by atoms with Crippen LogP contribution in [0.2, 0.25) is 0 Å². The summed E-state index contributed by atoms with van der Waals surface area (Å²) in [6, 6.07) is 3.25. The van der Waals surface area contributed by atoms with Crippen LogP contribution in [-0.4, -0.2) is 80.8 Å². The van der Waals surface area contributed by atoms with Crippen molar-refractivity contribution in [3.8, 4) is 0 Å². The van der Waals surface area contributed by atoms with Gasteiger partial charge in [-0.15, -0.1) is 0 Å². The van der Waals surface area contributed by atoms with E-state index in [1.165, 1.54) is 12.3 Å². The quantitative estimate of drug-likeness (QED) is 0.260. The third-order valence-electron chi connectivity index (χ3n) is 11.4. The second-order valence-corrected chi connectivity index (χ2v) is 12.9. The number of rotatable bonds is 5. The van der Waals surface area contributed by atoms with Gasteiger partial charge in [-0.3, -0.25) is 0 Å². The molecule has 1 aromatic heterocycles. The minimum Gasteiger partial charge on any atom is -0.431 e. The molecular formula is C30H40O10. The normalized spacial score (nSPS) is 48.5. The molecule has 0 bridgehead atoms. The SMILES string of the molecule is C[C@]12CC[C@H]3[C@@H](CCC4=CC(OC5OC(CO)C(O)C(O)C5O)CC[C@@]43C=O)[C@@]1(O)CC[C@@H]2c1ccc(=O)oc1. The average molecular weight is 561 g/mol. The first-order valence-corrected chi connectivity index (χ1v) is 14.5. The number of carbonyl (C=O) groups is 1. The molecule has 0 aromatic carbocycles. The lowest BCUT2D eigenvalue weighted by Gasteiger charge is -2.61. The molecule has 0 amide bonds. The van der Waals surface area contributed by atoms with E-state index in [1.54, 1.807) is 0 Å². The van der Waals surface area contributed by atoms with Crippen LogP contribution in [0.1, 0.15) is 69.8 Å². The summed E-state index contributed by atoms with van der Waals surface area (Å²) in [5.74, 6) is 0.00979. The van der Waals surface area contributed by atoms with Crippen molar-refractivity contribution in [2.75, 3.05) is 6.61 Å². The van der Waals surface area contributed by atoms with Crippen molar-refractivity contribution in [1.29, 1.82) is 0 Å². The molecule has 6 unspecified atom stereocenters. The van der Waals surface area contributed by atoms with Crippen molar-refractivity contribution in [2.45, 2.75) is 107 Å². The van der Waals surface area contributed by atoms with E-state index in [0.717, 1.165) is 43.1 Å². The Balaban J connectivity index is 1.23. The summed E-state index contributed by atoms with van der Waals surface area (Å²) in [7, 11) is 0. The molecule has 10 heteroatoms. The summed E-state index contributed by atoms with van der Waals surface area (Å²) in [4.78, 5) is 24.5. The standard InChI is InChI=1S/C30H40O10/c1-28-9-7-20-21(30(28,37)11-8-19(28)16-2-5-23(33)38-14-16)4-3-17-12-18(6-10-29(17,20)15-32)39-27-26(36)25(35)24(34)22(13-31)40-27/h2,5,12,14-15,18-22,24-27,31,34-37H,3-4,6-11,13H2,1H3/t18?,19-,20+,21-,22?,24?,25?,26?,27?,28-,29-,30+/m1/s1. The third-order valence-corrected chi connectivity index (χ3v) is 11.4. The molecule has 220 valence electrons. The van der Waals surface area contributed by atoms with Crippen LogP contribution in [0.3, 0.4) is 0 Å². The molecule has 12 atom stereocenters. The maximum atomic E-state index is 12.9. The number of aldehydes is 1. The first-order valence-electron chi connectivity index (χ1n) is 14.5. The summed E-state index contributed by atoms with van der Waals surface area (Å²) in [6.45, 7) is 1.62. The molecule has 0 spiro atoms. The highest BCUT2D eigenvalue weighted by Crippen LogP contribution is 2.69. The first-order chi connectivity index (χ1) is 19.1. The number of aliphatic hydroxyl groups is 5. The fourth-order valence-electron chi connectivity index (χ4n) is 9.15. The molecule has 6 rings (SSSR count). The van der Waals surface area contributed by atoms with Gasteiger partial charge < -0.3 is 44.2 Å². The lowest BCUT2D eigenvalue weighted by molar-refractivity contribution is -0.308.